The highest BCUT2D eigenvalue weighted by molar-refractivity contribution is 7.99. The van der Waals surface area contributed by atoms with E-state index in [1.54, 1.807) is 23.9 Å². The van der Waals surface area contributed by atoms with Crippen molar-refractivity contribution < 1.29 is 14.6 Å². The van der Waals surface area contributed by atoms with Crippen molar-refractivity contribution >= 4 is 17.7 Å². The van der Waals surface area contributed by atoms with Gasteiger partial charge in [0, 0.05) is 30.3 Å². The Labute approximate surface area is 117 Å². The number of thioether (sulfide) groups is 1. The van der Waals surface area contributed by atoms with Gasteiger partial charge in [-0.15, -0.1) is 11.8 Å². The van der Waals surface area contributed by atoms with E-state index in [2.05, 4.69) is 4.90 Å². The van der Waals surface area contributed by atoms with Crippen molar-refractivity contribution in [3.8, 4) is 0 Å². The minimum Gasteiger partial charge on any atom is -0.478 e. The number of morpholine rings is 1. The van der Waals surface area contributed by atoms with E-state index < -0.39 is 5.97 Å². The fourth-order valence-corrected chi connectivity index (χ4v) is 3.07. The van der Waals surface area contributed by atoms with Gasteiger partial charge in [-0.25, -0.2) is 4.79 Å². The summed E-state index contributed by atoms with van der Waals surface area (Å²) in [5.74, 6) is 0.110. The molecule has 0 spiro atoms. The monoisotopic (exact) mass is 281 g/mol. The molecule has 1 fully saturated rings. The normalized spacial score (nSPS) is 16.5. The predicted molar refractivity (Wildman–Crippen MR) is 76.1 cm³/mol. The van der Waals surface area contributed by atoms with Gasteiger partial charge in [0.2, 0.25) is 0 Å². The van der Waals surface area contributed by atoms with Gasteiger partial charge in [-0.05, 0) is 24.6 Å². The number of aromatic carboxylic acids is 1. The Kier molecular flexibility index (Phi) is 5.24. The molecule has 0 amide bonds. The van der Waals surface area contributed by atoms with E-state index in [4.69, 9.17) is 9.84 Å². The number of benzene rings is 1. The van der Waals surface area contributed by atoms with Crippen LogP contribution in [0.4, 0.5) is 0 Å². The first-order valence-electron chi connectivity index (χ1n) is 6.43. The average Bonchev–Trinajstić information content (AvgIpc) is 2.42. The van der Waals surface area contributed by atoms with Crippen LogP contribution in [0.1, 0.15) is 15.9 Å². The summed E-state index contributed by atoms with van der Waals surface area (Å²) >= 11 is 1.73. The van der Waals surface area contributed by atoms with E-state index >= 15 is 0 Å². The number of ether oxygens (including phenoxy) is 1. The fraction of sp³-hybridized carbons (Fsp3) is 0.500. The van der Waals surface area contributed by atoms with Crippen LogP contribution in [0.15, 0.2) is 23.1 Å². The summed E-state index contributed by atoms with van der Waals surface area (Å²) in [6.07, 6.45) is 0. The first-order chi connectivity index (χ1) is 9.16. The molecule has 0 aliphatic carbocycles. The maximum Gasteiger partial charge on any atom is 0.335 e. The molecule has 5 heteroatoms. The van der Waals surface area contributed by atoms with Crippen LogP contribution in [0.5, 0.6) is 0 Å². The lowest BCUT2D eigenvalue weighted by Gasteiger charge is -2.26. The second kappa shape index (κ2) is 6.93. The average molecular weight is 281 g/mol. The van der Waals surface area contributed by atoms with Crippen molar-refractivity contribution in [1.29, 1.82) is 0 Å². The molecule has 0 radical (unpaired) electrons. The predicted octanol–water partition coefficient (Wildman–Crippen LogP) is 2.12. The minimum absolute atomic E-state index is 0.361. The van der Waals surface area contributed by atoms with Crippen LogP contribution >= 0.6 is 11.8 Å². The highest BCUT2D eigenvalue weighted by Crippen LogP contribution is 2.23. The Hall–Kier alpha value is -1.04. The fourth-order valence-electron chi connectivity index (χ4n) is 2.00. The van der Waals surface area contributed by atoms with Crippen molar-refractivity contribution in [1.82, 2.24) is 4.90 Å². The quantitative estimate of drug-likeness (QED) is 0.838. The van der Waals surface area contributed by atoms with E-state index in [0.717, 1.165) is 49.1 Å². The Balaban J connectivity index is 1.87. The van der Waals surface area contributed by atoms with Gasteiger partial charge in [0.15, 0.2) is 0 Å². The molecule has 1 aliphatic rings. The molecule has 0 bridgehead atoms. The van der Waals surface area contributed by atoms with E-state index in [1.165, 1.54) is 0 Å². The Morgan fingerprint density at radius 1 is 1.42 bits per heavy atom. The summed E-state index contributed by atoms with van der Waals surface area (Å²) in [5.41, 5.74) is 1.50. The third-order valence-corrected chi connectivity index (χ3v) is 4.34. The summed E-state index contributed by atoms with van der Waals surface area (Å²) in [7, 11) is 0. The van der Waals surface area contributed by atoms with Gasteiger partial charge in [0.05, 0.1) is 18.8 Å². The van der Waals surface area contributed by atoms with Crippen LogP contribution in [0, 0.1) is 6.92 Å². The Morgan fingerprint density at radius 3 is 2.84 bits per heavy atom. The van der Waals surface area contributed by atoms with Crippen molar-refractivity contribution in [3.05, 3.63) is 29.3 Å². The van der Waals surface area contributed by atoms with Crippen LogP contribution in [0.25, 0.3) is 0 Å². The molecule has 1 aliphatic heterocycles. The van der Waals surface area contributed by atoms with Crippen molar-refractivity contribution in [3.63, 3.8) is 0 Å². The van der Waals surface area contributed by atoms with Crippen LogP contribution in [0.2, 0.25) is 0 Å². The van der Waals surface area contributed by atoms with Gasteiger partial charge in [-0.2, -0.15) is 0 Å². The first kappa shape index (κ1) is 14.4. The number of nitrogens with zero attached hydrogens (tertiary/aromatic N) is 1. The molecule has 1 aromatic rings. The third-order valence-electron chi connectivity index (χ3n) is 3.20. The molecule has 1 saturated heterocycles. The van der Waals surface area contributed by atoms with Crippen molar-refractivity contribution in [2.45, 2.75) is 11.8 Å². The van der Waals surface area contributed by atoms with Crippen LogP contribution in [-0.4, -0.2) is 54.6 Å². The van der Waals surface area contributed by atoms with Crippen LogP contribution in [0.3, 0.4) is 0 Å². The minimum atomic E-state index is -0.866. The molecule has 4 nitrogen and oxygen atoms in total. The molecule has 0 atom stereocenters. The van der Waals surface area contributed by atoms with Crippen LogP contribution < -0.4 is 0 Å². The summed E-state index contributed by atoms with van der Waals surface area (Å²) in [6, 6.07) is 5.30. The van der Waals surface area contributed by atoms with Gasteiger partial charge in [-0.1, -0.05) is 6.07 Å². The Morgan fingerprint density at radius 2 is 2.16 bits per heavy atom. The zero-order valence-corrected chi connectivity index (χ0v) is 11.9. The zero-order valence-electron chi connectivity index (χ0n) is 11.1. The number of aryl methyl sites for hydroxylation is 1. The molecular weight excluding hydrogens is 262 g/mol. The van der Waals surface area contributed by atoms with E-state index in [9.17, 15) is 4.79 Å². The highest BCUT2D eigenvalue weighted by atomic mass is 32.2. The summed E-state index contributed by atoms with van der Waals surface area (Å²) in [6.45, 7) is 6.66. The van der Waals surface area contributed by atoms with Gasteiger partial charge in [0.25, 0.3) is 0 Å². The second-order valence-corrected chi connectivity index (χ2v) is 5.72. The lowest BCUT2D eigenvalue weighted by Crippen LogP contribution is -2.37. The van der Waals surface area contributed by atoms with Crippen molar-refractivity contribution in [2.24, 2.45) is 0 Å². The zero-order chi connectivity index (χ0) is 13.7. The Bertz CT molecular complexity index is 444. The molecule has 1 aromatic carbocycles. The molecule has 2 rings (SSSR count). The molecule has 0 saturated carbocycles. The topological polar surface area (TPSA) is 49.8 Å². The maximum absolute atomic E-state index is 11.0. The number of rotatable bonds is 5. The highest BCUT2D eigenvalue weighted by Gasteiger charge is 2.11. The van der Waals surface area contributed by atoms with E-state index in [0.29, 0.717) is 5.56 Å². The summed E-state index contributed by atoms with van der Waals surface area (Å²) in [5, 5.41) is 9.00. The third kappa shape index (κ3) is 4.23. The molecule has 19 heavy (non-hydrogen) atoms. The number of carboxylic acids is 1. The second-order valence-electron chi connectivity index (χ2n) is 4.59. The van der Waals surface area contributed by atoms with Crippen LogP contribution in [-0.2, 0) is 4.74 Å². The largest absolute Gasteiger partial charge is 0.478 e. The smallest absolute Gasteiger partial charge is 0.335 e. The molecule has 104 valence electrons. The number of hydrogen-bond donors (Lipinski definition) is 1. The first-order valence-corrected chi connectivity index (χ1v) is 7.42. The molecule has 1 heterocycles. The van der Waals surface area contributed by atoms with E-state index in [1.807, 2.05) is 13.0 Å². The van der Waals surface area contributed by atoms with Gasteiger partial charge in [0.1, 0.15) is 0 Å². The lowest BCUT2D eigenvalue weighted by atomic mass is 10.1. The maximum atomic E-state index is 11.0. The van der Waals surface area contributed by atoms with Gasteiger partial charge >= 0.3 is 5.97 Å². The molecule has 0 aromatic heterocycles. The number of carboxylic acid groups (broad SMARTS) is 1. The van der Waals surface area contributed by atoms with E-state index in [-0.39, 0.29) is 0 Å². The number of carbonyl (C=O) groups is 1. The summed E-state index contributed by atoms with van der Waals surface area (Å²) in [4.78, 5) is 14.4. The van der Waals surface area contributed by atoms with Gasteiger partial charge in [-0.3, -0.25) is 4.90 Å². The molecular formula is C14H19NO3S. The summed E-state index contributed by atoms with van der Waals surface area (Å²) < 4.78 is 5.31. The molecule has 1 N–H and O–H groups in total. The standard InChI is InChI=1S/C14H19NO3S/c1-11-2-3-12(14(16)17)10-13(11)19-9-6-15-4-7-18-8-5-15/h2-3,10H,4-9H2,1H3,(H,16,17). The SMILES string of the molecule is Cc1ccc(C(=O)O)cc1SCCN1CCOCC1. The number of hydrogen-bond acceptors (Lipinski definition) is 4. The van der Waals surface area contributed by atoms with Gasteiger partial charge < -0.3 is 9.84 Å². The lowest BCUT2D eigenvalue weighted by molar-refractivity contribution is 0.0410. The molecule has 0 unspecified atom stereocenters. The van der Waals surface area contributed by atoms with Crippen molar-refractivity contribution in [2.75, 3.05) is 38.6 Å².